The second-order valence-corrected chi connectivity index (χ2v) is 7.64. The molecule has 0 aliphatic carbocycles. The zero-order valence-electron chi connectivity index (χ0n) is 17.8. The van der Waals surface area contributed by atoms with Crippen LogP contribution in [-0.2, 0) is 4.79 Å². The predicted molar refractivity (Wildman–Crippen MR) is 132 cm³/mol. The highest BCUT2D eigenvalue weighted by Crippen LogP contribution is 2.22. The molecule has 7 nitrogen and oxygen atoms in total. The maximum absolute atomic E-state index is 14.2. The van der Waals surface area contributed by atoms with Crippen molar-refractivity contribution in [1.29, 1.82) is 0 Å². The predicted octanol–water partition coefficient (Wildman–Crippen LogP) is 5.25. The SMILES string of the molecule is C.Cc1cccc(Nc2nc(Nc3cccc(NC(=O)/C=C/CN4CCC4)c3)ncc2F)c1. The molecule has 8 heteroatoms. The van der Waals surface area contributed by atoms with Crippen molar-refractivity contribution in [2.24, 2.45) is 0 Å². The van der Waals surface area contributed by atoms with E-state index in [1.807, 2.05) is 43.3 Å². The fraction of sp³-hybridized carbons (Fsp3) is 0.240. The van der Waals surface area contributed by atoms with Crippen molar-refractivity contribution in [1.82, 2.24) is 14.9 Å². The van der Waals surface area contributed by atoms with Crippen LogP contribution in [0.1, 0.15) is 19.4 Å². The number of hydrogen-bond acceptors (Lipinski definition) is 6. The van der Waals surface area contributed by atoms with Crippen LogP contribution in [0.2, 0.25) is 0 Å². The zero-order chi connectivity index (χ0) is 22.3. The van der Waals surface area contributed by atoms with Crippen LogP contribution < -0.4 is 16.0 Å². The summed E-state index contributed by atoms with van der Waals surface area (Å²) in [6.45, 7) is 4.93. The number of hydrogen-bond donors (Lipinski definition) is 3. The first-order valence-electron chi connectivity index (χ1n) is 10.5. The number of aromatic nitrogens is 2. The molecular weight excluding hydrogens is 419 g/mol. The maximum atomic E-state index is 14.2. The first kappa shape index (κ1) is 23.9. The number of nitrogens with one attached hydrogen (secondary N) is 3. The molecule has 172 valence electrons. The minimum Gasteiger partial charge on any atom is -0.338 e. The highest BCUT2D eigenvalue weighted by Gasteiger charge is 2.11. The van der Waals surface area contributed by atoms with E-state index in [4.69, 9.17) is 0 Å². The second-order valence-electron chi connectivity index (χ2n) is 7.64. The van der Waals surface area contributed by atoms with Crippen molar-refractivity contribution in [3.8, 4) is 0 Å². The molecule has 1 fully saturated rings. The van der Waals surface area contributed by atoms with E-state index in [9.17, 15) is 9.18 Å². The van der Waals surface area contributed by atoms with Gasteiger partial charge in [-0.2, -0.15) is 4.98 Å². The topological polar surface area (TPSA) is 82.2 Å². The quantitative estimate of drug-likeness (QED) is 0.409. The van der Waals surface area contributed by atoms with E-state index in [-0.39, 0.29) is 25.1 Å². The molecule has 1 aliphatic rings. The molecule has 1 aliphatic heterocycles. The second kappa shape index (κ2) is 11.2. The van der Waals surface area contributed by atoms with Crippen LogP contribution in [0, 0.1) is 12.7 Å². The van der Waals surface area contributed by atoms with E-state index in [2.05, 4.69) is 30.8 Å². The summed E-state index contributed by atoms with van der Waals surface area (Å²) in [4.78, 5) is 22.7. The van der Waals surface area contributed by atoms with Gasteiger partial charge in [-0.1, -0.05) is 31.7 Å². The van der Waals surface area contributed by atoms with Crippen LogP contribution in [0.3, 0.4) is 0 Å². The summed E-state index contributed by atoms with van der Waals surface area (Å²) in [6.07, 6.45) is 5.75. The number of nitrogens with zero attached hydrogens (tertiary/aromatic N) is 3. The molecule has 1 saturated heterocycles. The Morgan fingerprint density at radius 1 is 1.09 bits per heavy atom. The molecule has 3 N–H and O–H groups in total. The highest BCUT2D eigenvalue weighted by atomic mass is 19.1. The van der Waals surface area contributed by atoms with Crippen molar-refractivity contribution in [2.75, 3.05) is 35.6 Å². The molecular formula is C25H29FN6O. The molecule has 1 amide bonds. The Bertz CT molecular complexity index is 1130. The normalized spacial score (nSPS) is 13.2. The van der Waals surface area contributed by atoms with Gasteiger partial charge in [-0.15, -0.1) is 0 Å². The van der Waals surface area contributed by atoms with Gasteiger partial charge >= 0.3 is 0 Å². The van der Waals surface area contributed by atoms with Crippen LogP contribution in [0.4, 0.5) is 33.2 Å². The lowest BCUT2D eigenvalue weighted by atomic mass is 10.2. The number of carbonyl (C=O) groups excluding carboxylic acids is 1. The Labute approximate surface area is 193 Å². The summed E-state index contributed by atoms with van der Waals surface area (Å²) < 4.78 is 14.2. The van der Waals surface area contributed by atoms with Crippen LogP contribution in [-0.4, -0.2) is 40.4 Å². The lowest BCUT2D eigenvalue weighted by Crippen LogP contribution is -2.37. The first-order valence-corrected chi connectivity index (χ1v) is 10.5. The molecule has 0 radical (unpaired) electrons. The Morgan fingerprint density at radius 3 is 2.55 bits per heavy atom. The van der Waals surface area contributed by atoms with E-state index in [0.717, 1.165) is 37.1 Å². The molecule has 1 aromatic heterocycles. The molecule has 0 unspecified atom stereocenters. The van der Waals surface area contributed by atoms with Gasteiger partial charge < -0.3 is 16.0 Å². The minimum absolute atomic E-state index is 0. The summed E-state index contributed by atoms with van der Waals surface area (Å²) in [7, 11) is 0. The molecule has 0 atom stereocenters. The third-order valence-corrected chi connectivity index (χ3v) is 4.99. The number of likely N-dealkylation sites (tertiary alicyclic amines) is 1. The average Bonchev–Trinajstić information content (AvgIpc) is 2.73. The standard InChI is InChI=1S/C24H25FN6O.CH4/c1-17-6-2-7-18(14-17)28-23-21(25)16-26-24(30-23)29-20-9-3-8-19(15-20)27-22(32)10-4-11-31-12-5-13-31;/h2-4,6-10,14-16H,5,11-13H2,1H3,(H,27,32)(H2,26,28,29,30);1H4/b10-4+;. The van der Waals surface area contributed by atoms with Crippen molar-refractivity contribution in [2.45, 2.75) is 20.8 Å². The molecule has 4 rings (SSSR count). The third kappa shape index (κ3) is 6.85. The number of amides is 1. The van der Waals surface area contributed by atoms with Crippen molar-refractivity contribution < 1.29 is 9.18 Å². The van der Waals surface area contributed by atoms with E-state index in [1.54, 1.807) is 24.3 Å². The van der Waals surface area contributed by atoms with Crippen molar-refractivity contribution in [3.05, 3.63) is 78.3 Å². The molecule has 0 bridgehead atoms. The number of benzene rings is 2. The smallest absolute Gasteiger partial charge is 0.248 e. The maximum Gasteiger partial charge on any atom is 0.248 e. The number of rotatable bonds is 8. The summed E-state index contributed by atoms with van der Waals surface area (Å²) >= 11 is 0. The Balaban J connectivity index is 0.00000306. The van der Waals surface area contributed by atoms with Crippen molar-refractivity contribution >= 4 is 34.7 Å². The Hall–Kier alpha value is -3.78. The minimum atomic E-state index is -0.553. The van der Waals surface area contributed by atoms with Crippen LogP contribution in [0.15, 0.2) is 66.9 Å². The fourth-order valence-electron chi connectivity index (χ4n) is 3.24. The molecule has 2 heterocycles. The molecule has 0 spiro atoms. The van der Waals surface area contributed by atoms with Gasteiger partial charge in [0.1, 0.15) is 0 Å². The lowest BCUT2D eigenvalue weighted by molar-refractivity contribution is -0.111. The lowest BCUT2D eigenvalue weighted by Gasteiger charge is -2.29. The molecule has 33 heavy (non-hydrogen) atoms. The first-order chi connectivity index (χ1) is 15.5. The van der Waals surface area contributed by atoms with Gasteiger partial charge in [0.15, 0.2) is 11.6 Å². The Morgan fingerprint density at radius 2 is 1.82 bits per heavy atom. The van der Waals surface area contributed by atoms with Gasteiger partial charge in [-0.25, -0.2) is 9.37 Å². The molecule has 3 aromatic rings. The van der Waals surface area contributed by atoms with Gasteiger partial charge in [-0.05, 0) is 62.3 Å². The van der Waals surface area contributed by atoms with E-state index in [0.29, 0.717) is 11.4 Å². The summed E-state index contributed by atoms with van der Waals surface area (Å²) in [6, 6.07) is 14.8. The number of carbonyl (C=O) groups is 1. The monoisotopic (exact) mass is 448 g/mol. The summed E-state index contributed by atoms with van der Waals surface area (Å²) in [5.74, 6) is -0.433. The van der Waals surface area contributed by atoms with Crippen LogP contribution >= 0.6 is 0 Å². The van der Waals surface area contributed by atoms with Crippen LogP contribution in [0.25, 0.3) is 0 Å². The van der Waals surface area contributed by atoms with Gasteiger partial charge in [0.2, 0.25) is 11.9 Å². The van der Waals surface area contributed by atoms with Gasteiger partial charge in [0.05, 0.1) is 6.20 Å². The van der Waals surface area contributed by atoms with Gasteiger partial charge in [0, 0.05) is 29.7 Å². The fourth-order valence-corrected chi connectivity index (χ4v) is 3.24. The number of halogens is 1. The summed E-state index contributed by atoms with van der Waals surface area (Å²) in [5, 5.41) is 8.87. The van der Waals surface area contributed by atoms with Gasteiger partial charge in [0.25, 0.3) is 0 Å². The van der Waals surface area contributed by atoms with Crippen LogP contribution in [0.5, 0.6) is 0 Å². The number of aryl methyl sites for hydroxylation is 1. The largest absolute Gasteiger partial charge is 0.338 e. The van der Waals surface area contributed by atoms with E-state index in [1.165, 1.54) is 6.42 Å². The average molecular weight is 449 g/mol. The van der Waals surface area contributed by atoms with Crippen molar-refractivity contribution in [3.63, 3.8) is 0 Å². The molecule has 0 saturated carbocycles. The number of anilines is 5. The highest BCUT2D eigenvalue weighted by molar-refractivity contribution is 5.99. The zero-order valence-corrected chi connectivity index (χ0v) is 17.8. The third-order valence-electron chi connectivity index (χ3n) is 4.99. The van der Waals surface area contributed by atoms with Gasteiger partial charge in [-0.3, -0.25) is 9.69 Å². The van der Waals surface area contributed by atoms with E-state index < -0.39 is 5.82 Å². The Kier molecular flexibility index (Phi) is 8.10. The summed E-state index contributed by atoms with van der Waals surface area (Å²) in [5.41, 5.74) is 3.09. The van der Waals surface area contributed by atoms with E-state index >= 15 is 0 Å². The molecule has 2 aromatic carbocycles.